The maximum atomic E-state index is 5.60. The van der Waals surface area contributed by atoms with Crippen LogP contribution in [0.25, 0.3) is 11.0 Å². The number of aromatic nitrogens is 2. The highest BCUT2D eigenvalue weighted by atomic mass is 16.5. The minimum absolute atomic E-state index is 0.401. The van der Waals surface area contributed by atoms with Crippen molar-refractivity contribution in [3.05, 3.63) is 29.6 Å². The molecule has 16 heavy (non-hydrogen) atoms. The molecule has 0 amide bonds. The average molecular weight is 219 g/mol. The van der Waals surface area contributed by atoms with Crippen molar-refractivity contribution < 1.29 is 4.74 Å². The molecule has 0 bridgehead atoms. The highest BCUT2D eigenvalue weighted by Crippen LogP contribution is 2.24. The van der Waals surface area contributed by atoms with E-state index in [1.807, 2.05) is 32.0 Å². The Morgan fingerprint density at radius 3 is 2.81 bits per heavy atom. The fourth-order valence-corrected chi connectivity index (χ4v) is 1.57. The summed E-state index contributed by atoms with van der Waals surface area (Å²) < 4.78 is 5.39. The van der Waals surface area contributed by atoms with E-state index in [0.29, 0.717) is 6.54 Å². The number of nitrogens with one attached hydrogen (secondary N) is 1. The van der Waals surface area contributed by atoms with Crippen LogP contribution < -0.4 is 5.73 Å². The molecule has 2 aromatic rings. The topological polar surface area (TPSA) is 63.9 Å². The Labute approximate surface area is 94.8 Å². The zero-order valence-corrected chi connectivity index (χ0v) is 9.87. The zero-order chi connectivity index (χ0) is 11.8. The van der Waals surface area contributed by atoms with Crippen LogP contribution in [0.2, 0.25) is 0 Å². The number of fused-ring (bicyclic) bond motifs is 1. The lowest BCUT2D eigenvalue weighted by Crippen LogP contribution is -2.21. The Morgan fingerprint density at radius 1 is 1.44 bits per heavy atom. The van der Waals surface area contributed by atoms with Gasteiger partial charge in [-0.3, -0.25) is 0 Å². The summed E-state index contributed by atoms with van der Waals surface area (Å²) in [5.74, 6) is 0.833. The van der Waals surface area contributed by atoms with Crippen molar-refractivity contribution >= 4 is 11.0 Å². The number of imidazole rings is 1. The molecule has 3 N–H and O–H groups in total. The van der Waals surface area contributed by atoms with Crippen LogP contribution in [0.3, 0.4) is 0 Å². The minimum atomic E-state index is -0.401. The first-order valence-electron chi connectivity index (χ1n) is 5.31. The van der Waals surface area contributed by atoms with E-state index in [4.69, 9.17) is 10.5 Å². The molecule has 0 aliphatic heterocycles. The number of methoxy groups -OCH3 is 1. The zero-order valence-electron chi connectivity index (χ0n) is 9.87. The summed E-state index contributed by atoms with van der Waals surface area (Å²) in [6, 6.07) is 5.99. The van der Waals surface area contributed by atoms with Crippen molar-refractivity contribution in [3.63, 3.8) is 0 Å². The number of ether oxygens (including phenoxy) is 1. The highest BCUT2D eigenvalue weighted by Gasteiger charge is 2.23. The van der Waals surface area contributed by atoms with Gasteiger partial charge in [-0.15, -0.1) is 0 Å². The molecule has 0 aliphatic carbocycles. The quantitative estimate of drug-likeness (QED) is 0.828. The van der Waals surface area contributed by atoms with Gasteiger partial charge in [0, 0.05) is 13.7 Å². The smallest absolute Gasteiger partial charge is 0.139 e. The molecule has 0 saturated carbocycles. The molecule has 4 nitrogen and oxygen atoms in total. The van der Waals surface area contributed by atoms with Crippen LogP contribution >= 0.6 is 0 Å². The normalized spacial score (nSPS) is 12.2. The fraction of sp³-hybridized carbons (Fsp3) is 0.417. The van der Waals surface area contributed by atoms with E-state index in [-0.39, 0.29) is 0 Å². The van der Waals surface area contributed by atoms with Crippen LogP contribution in [0.4, 0.5) is 0 Å². The second-order valence-corrected chi connectivity index (χ2v) is 4.36. The monoisotopic (exact) mass is 219 g/mol. The van der Waals surface area contributed by atoms with Crippen LogP contribution in [-0.2, 0) is 16.9 Å². The summed E-state index contributed by atoms with van der Waals surface area (Å²) in [5.41, 5.74) is 8.24. The van der Waals surface area contributed by atoms with Gasteiger partial charge in [0.2, 0.25) is 0 Å². The van der Waals surface area contributed by atoms with Gasteiger partial charge in [-0.05, 0) is 31.5 Å². The lowest BCUT2D eigenvalue weighted by molar-refractivity contribution is 0.0124. The second kappa shape index (κ2) is 3.88. The Bertz CT molecular complexity index is 502. The number of aromatic amines is 1. The van der Waals surface area contributed by atoms with E-state index in [1.165, 1.54) is 0 Å². The molecule has 4 heteroatoms. The second-order valence-electron chi connectivity index (χ2n) is 4.36. The average Bonchev–Trinajstić information content (AvgIpc) is 2.72. The number of hydrogen-bond acceptors (Lipinski definition) is 3. The molecular formula is C12H17N3O. The number of benzene rings is 1. The van der Waals surface area contributed by atoms with Gasteiger partial charge in [-0.25, -0.2) is 4.98 Å². The van der Waals surface area contributed by atoms with Crippen molar-refractivity contribution in [1.29, 1.82) is 0 Å². The number of nitrogens with zero attached hydrogens (tertiary/aromatic N) is 1. The first-order chi connectivity index (χ1) is 7.56. The molecule has 0 atom stereocenters. The van der Waals surface area contributed by atoms with E-state index >= 15 is 0 Å². The Balaban J connectivity index is 2.52. The molecule has 0 spiro atoms. The predicted octanol–water partition coefficient (Wildman–Crippen LogP) is 1.90. The van der Waals surface area contributed by atoms with E-state index in [0.717, 1.165) is 22.4 Å². The largest absolute Gasteiger partial charge is 0.371 e. The molecule has 1 aromatic heterocycles. The highest BCUT2D eigenvalue weighted by molar-refractivity contribution is 5.76. The summed E-state index contributed by atoms with van der Waals surface area (Å²) in [6.07, 6.45) is 0. The number of nitrogens with two attached hydrogens (primary N) is 1. The van der Waals surface area contributed by atoms with Crippen molar-refractivity contribution in [1.82, 2.24) is 9.97 Å². The van der Waals surface area contributed by atoms with Gasteiger partial charge in [-0.2, -0.15) is 0 Å². The maximum absolute atomic E-state index is 5.60. The lowest BCUT2D eigenvalue weighted by Gasteiger charge is -2.19. The Hall–Kier alpha value is -1.39. The first kappa shape index (κ1) is 11.1. The van der Waals surface area contributed by atoms with Crippen LogP contribution in [0.15, 0.2) is 18.2 Å². The minimum Gasteiger partial charge on any atom is -0.371 e. The van der Waals surface area contributed by atoms with Crippen LogP contribution in [0.1, 0.15) is 25.2 Å². The molecule has 1 aromatic carbocycles. The Kier molecular flexibility index (Phi) is 2.69. The fourth-order valence-electron chi connectivity index (χ4n) is 1.57. The summed E-state index contributed by atoms with van der Waals surface area (Å²) in [6.45, 7) is 4.50. The van der Waals surface area contributed by atoms with Gasteiger partial charge < -0.3 is 15.5 Å². The van der Waals surface area contributed by atoms with Crippen molar-refractivity contribution in [2.75, 3.05) is 7.11 Å². The van der Waals surface area contributed by atoms with E-state index in [9.17, 15) is 0 Å². The molecule has 0 aliphatic rings. The molecule has 0 radical (unpaired) electrons. The molecule has 0 saturated heterocycles. The number of hydrogen-bond donors (Lipinski definition) is 2. The third-order valence-corrected chi connectivity index (χ3v) is 2.86. The molecular weight excluding hydrogens is 202 g/mol. The van der Waals surface area contributed by atoms with Gasteiger partial charge >= 0.3 is 0 Å². The van der Waals surface area contributed by atoms with Crippen molar-refractivity contribution in [2.45, 2.75) is 26.0 Å². The van der Waals surface area contributed by atoms with Gasteiger partial charge in [0.15, 0.2) is 0 Å². The van der Waals surface area contributed by atoms with Crippen LogP contribution in [0.5, 0.6) is 0 Å². The predicted molar refractivity (Wildman–Crippen MR) is 64.0 cm³/mol. The first-order valence-corrected chi connectivity index (χ1v) is 5.31. The van der Waals surface area contributed by atoms with E-state index < -0.39 is 5.60 Å². The van der Waals surface area contributed by atoms with Crippen molar-refractivity contribution in [2.24, 2.45) is 5.73 Å². The van der Waals surface area contributed by atoms with Gasteiger partial charge in [0.25, 0.3) is 0 Å². The molecule has 86 valence electrons. The molecule has 0 fully saturated rings. The summed E-state index contributed by atoms with van der Waals surface area (Å²) in [5, 5.41) is 0. The summed E-state index contributed by atoms with van der Waals surface area (Å²) >= 11 is 0. The van der Waals surface area contributed by atoms with Crippen LogP contribution in [-0.4, -0.2) is 17.1 Å². The molecule has 1 heterocycles. The van der Waals surface area contributed by atoms with Gasteiger partial charge in [-0.1, -0.05) is 6.07 Å². The molecule has 0 unspecified atom stereocenters. The summed E-state index contributed by atoms with van der Waals surface area (Å²) in [4.78, 5) is 7.78. The van der Waals surface area contributed by atoms with Gasteiger partial charge in [0.1, 0.15) is 11.4 Å². The number of H-pyrrole nitrogens is 1. The SMILES string of the molecule is COC(C)(C)c1nc2ccc(CN)cc2[nH]1. The standard InChI is InChI=1S/C12H17N3O/c1-12(2,16-3)11-14-9-5-4-8(7-13)6-10(9)15-11/h4-6H,7,13H2,1-3H3,(H,14,15). The van der Waals surface area contributed by atoms with E-state index in [2.05, 4.69) is 9.97 Å². The Morgan fingerprint density at radius 2 is 2.19 bits per heavy atom. The van der Waals surface area contributed by atoms with Crippen molar-refractivity contribution in [3.8, 4) is 0 Å². The van der Waals surface area contributed by atoms with Gasteiger partial charge in [0.05, 0.1) is 11.0 Å². The number of rotatable bonds is 3. The summed E-state index contributed by atoms with van der Waals surface area (Å²) in [7, 11) is 1.68. The third-order valence-electron chi connectivity index (χ3n) is 2.86. The lowest BCUT2D eigenvalue weighted by atomic mass is 10.1. The maximum Gasteiger partial charge on any atom is 0.139 e. The third kappa shape index (κ3) is 1.81. The van der Waals surface area contributed by atoms with E-state index in [1.54, 1.807) is 7.11 Å². The molecule has 2 rings (SSSR count). The van der Waals surface area contributed by atoms with Crippen LogP contribution in [0, 0.1) is 0 Å².